The van der Waals surface area contributed by atoms with Gasteiger partial charge in [-0.15, -0.1) is 0 Å². The average molecular weight is 489 g/mol. The number of non-ortho nitro benzene ring substituents is 1. The first-order chi connectivity index (χ1) is 18.0. The van der Waals surface area contributed by atoms with Crippen LogP contribution >= 0.6 is 0 Å². The van der Waals surface area contributed by atoms with Gasteiger partial charge in [-0.1, -0.05) is 66.7 Å². The molecule has 8 nitrogen and oxygen atoms in total. The van der Waals surface area contributed by atoms with Crippen LogP contribution in [0.3, 0.4) is 0 Å². The fourth-order valence-corrected chi connectivity index (χ4v) is 4.01. The number of esters is 1. The molecule has 0 saturated heterocycles. The van der Waals surface area contributed by atoms with Crippen LogP contribution in [0.1, 0.15) is 26.3 Å². The largest absolute Gasteiger partial charge is 0.422 e. The Morgan fingerprint density at radius 3 is 2.16 bits per heavy atom. The van der Waals surface area contributed by atoms with Crippen LogP contribution in [-0.2, 0) is 0 Å². The van der Waals surface area contributed by atoms with E-state index in [9.17, 15) is 19.7 Å². The van der Waals surface area contributed by atoms with Crippen molar-refractivity contribution >= 4 is 45.3 Å². The zero-order chi connectivity index (χ0) is 25.8. The quantitative estimate of drug-likeness (QED) is 0.105. The fraction of sp³-hybridized carbons (Fsp3) is 0. The van der Waals surface area contributed by atoms with Gasteiger partial charge in [0.15, 0.2) is 0 Å². The van der Waals surface area contributed by atoms with Crippen LogP contribution < -0.4 is 10.2 Å². The molecule has 37 heavy (non-hydrogen) atoms. The predicted octanol–water partition coefficient (Wildman–Crippen LogP) is 5.88. The second-order valence-electron chi connectivity index (χ2n) is 8.12. The van der Waals surface area contributed by atoms with Crippen LogP contribution in [0, 0.1) is 10.1 Å². The molecule has 0 spiro atoms. The highest BCUT2D eigenvalue weighted by molar-refractivity contribution is 6.07. The van der Waals surface area contributed by atoms with E-state index in [4.69, 9.17) is 4.74 Å². The second kappa shape index (κ2) is 10.1. The molecule has 0 unspecified atom stereocenters. The monoisotopic (exact) mass is 489 g/mol. The van der Waals surface area contributed by atoms with E-state index in [2.05, 4.69) is 10.5 Å². The second-order valence-corrected chi connectivity index (χ2v) is 8.12. The number of nitro benzene ring substituents is 1. The highest BCUT2D eigenvalue weighted by Gasteiger charge is 2.16. The van der Waals surface area contributed by atoms with Crippen molar-refractivity contribution in [1.29, 1.82) is 0 Å². The Kier molecular flexibility index (Phi) is 6.37. The van der Waals surface area contributed by atoms with Crippen LogP contribution in [0.4, 0.5) is 5.69 Å². The molecule has 5 aromatic carbocycles. The maximum Gasteiger partial charge on any atom is 0.344 e. The van der Waals surface area contributed by atoms with Crippen LogP contribution in [0.2, 0.25) is 0 Å². The number of carbonyl (C=O) groups excluding carboxylic acids is 2. The first-order valence-corrected chi connectivity index (χ1v) is 11.3. The minimum Gasteiger partial charge on any atom is -0.422 e. The molecule has 1 N–H and O–H groups in total. The van der Waals surface area contributed by atoms with Crippen molar-refractivity contribution < 1.29 is 19.2 Å². The number of nitrogens with zero attached hydrogens (tertiary/aromatic N) is 2. The standard InChI is InChI=1S/C29H19N3O5/c33-28(21-12-15-22(16-13-21)32(35)36)31-30-18-26-24-10-4-2-7-20(24)14-17-27(26)37-29(34)25-11-5-8-19-6-1-3-9-23(19)25/h1-18H,(H,31,33)/b30-18-. The minimum atomic E-state index is -0.541. The Morgan fingerprint density at radius 2 is 1.43 bits per heavy atom. The first kappa shape index (κ1) is 23.4. The summed E-state index contributed by atoms with van der Waals surface area (Å²) in [7, 11) is 0. The summed E-state index contributed by atoms with van der Waals surface area (Å²) in [6, 6.07) is 29.2. The van der Waals surface area contributed by atoms with E-state index in [1.54, 1.807) is 18.2 Å². The number of ether oxygens (including phenoxy) is 1. The Morgan fingerprint density at radius 1 is 0.784 bits per heavy atom. The lowest BCUT2D eigenvalue weighted by Crippen LogP contribution is -2.17. The molecule has 0 aliphatic heterocycles. The fourth-order valence-electron chi connectivity index (χ4n) is 4.01. The Bertz CT molecular complexity index is 1690. The summed E-state index contributed by atoms with van der Waals surface area (Å²) in [4.78, 5) is 35.9. The third-order valence-corrected chi connectivity index (χ3v) is 5.84. The number of nitrogens with one attached hydrogen (secondary N) is 1. The maximum absolute atomic E-state index is 13.2. The highest BCUT2D eigenvalue weighted by atomic mass is 16.6. The lowest BCUT2D eigenvalue weighted by molar-refractivity contribution is -0.384. The number of hydrogen-bond donors (Lipinski definition) is 1. The topological polar surface area (TPSA) is 111 Å². The van der Waals surface area contributed by atoms with E-state index in [1.807, 2.05) is 60.7 Å². The molecule has 1 amide bonds. The van der Waals surface area contributed by atoms with Gasteiger partial charge in [0.2, 0.25) is 0 Å². The van der Waals surface area contributed by atoms with Crippen molar-refractivity contribution in [2.24, 2.45) is 5.10 Å². The zero-order valence-corrected chi connectivity index (χ0v) is 19.3. The minimum absolute atomic E-state index is 0.117. The van der Waals surface area contributed by atoms with Crippen molar-refractivity contribution in [2.75, 3.05) is 0 Å². The molecule has 0 atom stereocenters. The Labute approximate surface area is 211 Å². The van der Waals surface area contributed by atoms with E-state index in [0.29, 0.717) is 11.1 Å². The summed E-state index contributed by atoms with van der Waals surface area (Å²) in [5.74, 6) is -0.776. The molecule has 5 aromatic rings. The van der Waals surface area contributed by atoms with Crippen LogP contribution in [0.5, 0.6) is 5.75 Å². The Balaban J connectivity index is 1.44. The van der Waals surface area contributed by atoms with Gasteiger partial charge in [0, 0.05) is 23.3 Å². The van der Waals surface area contributed by atoms with Crippen LogP contribution in [0.25, 0.3) is 21.5 Å². The smallest absolute Gasteiger partial charge is 0.344 e. The van der Waals surface area contributed by atoms with Gasteiger partial charge in [0.25, 0.3) is 11.6 Å². The molecule has 0 aliphatic rings. The molecule has 0 saturated carbocycles. The van der Waals surface area contributed by atoms with Crippen LogP contribution in [0.15, 0.2) is 108 Å². The summed E-state index contributed by atoms with van der Waals surface area (Å²) in [5.41, 5.74) is 3.45. The van der Waals surface area contributed by atoms with E-state index in [0.717, 1.165) is 21.5 Å². The first-order valence-electron chi connectivity index (χ1n) is 11.3. The van der Waals surface area contributed by atoms with Gasteiger partial charge >= 0.3 is 5.97 Å². The molecule has 0 heterocycles. The lowest BCUT2D eigenvalue weighted by atomic mass is 10.0. The number of fused-ring (bicyclic) bond motifs is 2. The zero-order valence-electron chi connectivity index (χ0n) is 19.3. The molecular formula is C29H19N3O5. The van der Waals surface area contributed by atoms with Gasteiger partial charge in [-0.05, 0) is 45.8 Å². The normalized spacial score (nSPS) is 11.0. The molecule has 0 fully saturated rings. The van der Waals surface area contributed by atoms with Crippen molar-refractivity contribution in [2.45, 2.75) is 0 Å². The number of rotatable bonds is 6. The number of benzene rings is 5. The number of carbonyl (C=O) groups is 2. The Hall–Kier alpha value is -5.37. The van der Waals surface area contributed by atoms with Gasteiger partial charge in [-0.2, -0.15) is 5.10 Å². The predicted molar refractivity (Wildman–Crippen MR) is 141 cm³/mol. The third kappa shape index (κ3) is 4.89. The number of hydrogen-bond acceptors (Lipinski definition) is 6. The molecule has 0 aliphatic carbocycles. The SMILES string of the molecule is O=C(N/N=C\c1c(OC(=O)c2cccc3ccccc23)ccc2ccccc12)c1ccc([N+](=O)[O-])cc1. The summed E-state index contributed by atoms with van der Waals surface area (Å²) in [5, 5.41) is 18.3. The molecule has 0 radical (unpaired) electrons. The van der Waals surface area contributed by atoms with Gasteiger partial charge in [0.05, 0.1) is 16.7 Å². The summed E-state index contributed by atoms with van der Waals surface area (Å²) < 4.78 is 5.82. The molecular weight excluding hydrogens is 470 g/mol. The summed E-state index contributed by atoms with van der Waals surface area (Å²) in [6.07, 6.45) is 1.41. The van der Waals surface area contributed by atoms with Gasteiger partial charge in [0.1, 0.15) is 5.75 Å². The number of amides is 1. The maximum atomic E-state index is 13.2. The molecule has 0 bridgehead atoms. The van der Waals surface area contributed by atoms with E-state index < -0.39 is 16.8 Å². The lowest BCUT2D eigenvalue weighted by Gasteiger charge is -2.12. The van der Waals surface area contributed by atoms with Crippen molar-refractivity contribution in [3.05, 3.63) is 130 Å². The van der Waals surface area contributed by atoms with Crippen LogP contribution in [-0.4, -0.2) is 23.0 Å². The number of hydrazone groups is 1. The van der Waals surface area contributed by atoms with Gasteiger partial charge in [-0.25, -0.2) is 10.2 Å². The molecule has 8 heteroatoms. The molecule has 180 valence electrons. The number of nitro groups is 1. The van der Waals surface area contributed by atoms with E-state index >= 15 is 0 Å². The molecule has 5 rings (SSSR count). The summed E-state index contributed by atoms with van der Waals surface area (Å²) in [6.45, 7) is 0. The third-order valence-electron chi connectivity index (χ3n) is 5.84. The van der Waals surface area contributed by atoms with E-state index in [-0.39, 0.29) is 17.0 Å². The highest BCUT2D eigenvalue weighted by Crippen LogP contribution is 2.28. The van der Waals surface area contributed by atoms with Gasteiger partial charge < -0.3 is 4.74 Å². The summed E-state index contributed by atoms with van der Waals surface area (Å²) >= 11 is 0. The molecule has 0 aromatic heterocycles. The van der Waals surface area contributed by atoms with Crippen molar-refractivity contribution in [3.63, 3.8) is 0 Å². The van der Waals surface area contributed by atoms with Crippen molar-refractivity contribution in [3.8, 4) is 5.75 Å². The average Bonchev–Trinajstić information content (AvgIpc) is 2.93. The van der Waals surface area contributed by atoms with E-state index in [1.165, 1.54) is 30.5 Å². The van der Waals surface area contributed by atoms with Gasteiger partial charge in [-0.3, -0.25) is 14.9 Å². The van der Waals surface area contributed by atoms with Crippen molar-refractivity contribution in [1.82, 2.24) is 5.43 Å².